The van der Waals surface area contributed by atoms with Crippen molar-refractivity contribution in [3.05, 3.63) is 35.5 Å². The van der Waals surface area contributed by atoms with Gasteiger partial charge in [-0.15, -0.1) is 0 Å². The minimum atomic E-state index is -0.771. The van der Waals surface area contributed by atoms with E-state index in [1.165, 1.54) is 0 Å². The van der Waals surface area contributed by atoms with Crippen LogP contribution in [0.5, 0.6) is 0 Å². The Morgan fingerprint density at radius 2 is 1.90 bits per heavy atom. The van der Waals surface area contributed by atoms with Crippen LogP contribution in [-0.2, 0) is 4.79 Å². The van der Waals surface area contributed by atoms with Gasteiger partial charge in [-0.05, 0) is 20.0 Å². The molecular weight excluding hydrogens is 266 g/mol. The lowest BCUT2D eigenvalue weighted by Gasteiger charge is -2.36. The van der Waals surface area contributed by atoms with Gasteiger partial charge in [-0.25, -0.2) is 0 Å². The number of carbonyl (C=O) groups is 1. The number of H-pyrrole nitrogens is 1. The zero-order chi connectivity index (χ0) is 15.0. The largest absolute Gasteiger partial charge is 0.480 e. The number of aliphatic carboxylic acids is 1. The molecule has 0 bridgehead atoms. The summed E-state index contributed by atoms with van der Waals surface area (Å²) in [6.07, 6.45) is 0. The number of piperazine rings is 1. The van der Waals surface area contributed by atoms with Crippen LogP contribution in [0.3, 0.4) is 0 Å². The fraction of sp³-hybridized carbons (Fsp3) is 0.438. The lowest BCUT2D eigenvalue weighted by molar-refractivity contribution is -0.144. The summed E-state index contributed by atoms with van der Waals surface area (Å²) in [7, 11) is 2.07. The highest BCUT2D eigenvalue weighted by molar-refractivity contribution is 5.90. The third-order valence-electron chi connectivity index (χ3n) is 4.35. The van der Waals surface area contributed by atoms with Crippen molar-refractivity contribution < 1.29 is 9.90 Å². The molecule has 1 saturated heterocycles. The lowest BCUT2D eigenvalue weighted by Crippen LogP contribution is -2.47. The van der Waals surface area contributed by atoms with Gasteiger partial charge in [0.15, 0.2) is 0 Å². The van der Waals surface area contributed by atoms with Crippen LogP contribution in [0.4, 0.5) is 0 Å². The number of para-hydroxylation sites is 1. The van der Waals surface area contributed by atoms with Crippen LogP contribution >= 0.6 is 0 Å². The molecule has 1 aliphatic rings. The van der Waals surface area contributed by atoms with Crippen LogP contribution in [0.25, 0.3) is 10.9 Å². The fourth-order valence-corrected chi connectivity index (χ4v) is 3.19. The second kappa shape index (κ2) is 5.50. The smallest absolute Gasteiger partial charge is 0.325 e. The molecule has 0 saturated carbocycles. The molecule has 1 unspecified atom stereocenters. The van der Waals surface area contributed by atoms with Crippen molar-refractivity contribution in [1.29, 1.82) is 0 Å². The van der Waals surface area contributed by atoms with Gasteiger partial charge in [0.2, 0.25) is 0 Å². The van der Waals surface area contributed by atoms with E-state index < -0.39 is 12.0 Å². The molecule has 1 aromatic heterocycles. The number of aryl methyl sites for hydroxylation is 1. The predicted octanol–water partition coefficient (Wildman–Crippen LogP) is 1.85. The maximum Gasteiger partial charge on any atom is 0.325 e. The van der Waals surface area contributed by atoms with E-state index in [0.29, 0.717) is 0 Å². The van der Waals surface area contributed by atoms with Gasteiger partial charge in [-0.1, -0.05) is 18.2 Å². The number of carboxylic acids is 1. The first-order valence-corrected chi connectivity index (χ1v) is 7.30. The zero-order valence-corrected chi connectivity index (χ0v) is 12.5. The van der Waals surface area contributed by atoms with Crippen LogP contribution in [0.15, 0.2) is 24.3 Å². The van der Waals surface area contributed by atoms with Crippen molar-refractivity contribution in [3.63, 3.8) is 0 Å². The average molecular weight is 287 g/mol. The minimum absolute atomic E-state index is 0.574. The molecule has 1 aromatic carbocycles. The lowest BCUT2D eigenvalue weighted by atomic mass is 10.0. The molecule has 1 aliphatic heterocycles. The Bertz CT molecular complexity index is 657. The maximum absolute atomic E-state index is 11.9. The Labute approximate surface area is 124 Å². The first-order valence-electron chi connectivity index (χ1n) is 7.30. The molecule has 5 nitrogen and oxygen atoms in total. The van der Waals surface area contributed by atoms with E-state index in [1.54, 1.807) is 0 Å². The molecule has 3 rings (SSSR count). The molecule has 0 amide bonds. The Morgan fingerprint density at radius 1 is 1.24 bits per heavy atom. The summed E-state index contributed by atoms with van der Waals surface area (Å²) in [5, 5.41) is 10.8. The van der Waals surface area contributed by atoms with Crippen molar-refractivity contribution in [2.45, 2.75) is 13.0 Å². The number of rotatable bonds is 3. The first-order chi connectivity index (χ1) is 10.1. The van der Waals surface area contributed by atoms with Gasteiger partial charge in [0.25, 0.3) is 0 Å². The van der Waals surface area contributed by atoms with Crippen molar-refractivity contribution >= 4 is 16.9 Å². The van der Waals surface area contributed by atoms with Crippen LogP contribution in [-0.4, -0.2) is 59.1 Å². The summed E-state index contributed by atoms with van der Waals surface area (Å²) >= 11 is 0. The molecule has 2 N–H and O–H groups in total. The predicted molar refractivity (Wildman–Crippen MR) is 82.5 cm³/mol. The second-order valence-corrected chi connectivity index (χ2v) is 5.79. The van der Waals surface area contributed by atoms with Gasteiger partial charge in [0.1, 0.15) is 6.04 Å². The van der Waals surface area contributed by atoms with E-state index >= 15 is 0 Å². The van der Waals surface area contributed by atoms with Crippen LogP contribution < -0.4 is 0 Å². The number of fused-ring (bicyclic) bond motifs is 1. The first kappa shape index (κ1) is 14.1. The van der Waals surface area contributed by atoms with Crippen molar-refractivity contribution in [3.8, 4) is 0 Å². The summed E-state index contributed by atoms with van der Waals surface area (Å²) in [5.74, 6) is -0.771. The van der Waals surface area contributed by atoms with E-state index in [-0.39, 0.29) is 0 Å². The SMILES string of the molecule is Cc1[nH]c2ccccc2c1C(C(=O)O)N1CCN(C)CC1. The van der Waals surface area contributed by atoms with Gasteiger partial charge in [0, 0.05) is 48.3 Å². The second-order valence-electron chi connectivity index (χ2n) is 5.79. The normalized spacial score (nSPS) is 19.0. The summed E-state index contributed by atoms with van der Waals surface area (Å²) in [6, 6.07) is 7.35. The molecule has 1 atom stereocenters. The Hall–Kier alpha value is -1.85. The molecule has 0 radical (unpaired) electrons. The topological polar surface area (TPSA) is 59.6 Å². The van der Waals surface area contributed by atoms with Gasteiger partial charge in [0.05, 0.1) is 0 Å². The average Bonchev–Trinajstić information content (AvgIpc) is 2.78. The molecule has 1 fully saturated rings. The molecule has 5 heteroatoms. The molecule has 2 heterocycles. The third kappa shape index (κ3) is 2.54. The van der Waals surface area contributed by atoms with Crippen LogP contribution in [0, 0.1) is 6.92 Å². The van der Waals surface area contributed by atoms with Gasteiger partial charge >= 0.3 is 5.97 Å². The molecule has 21 heavy (non-hydrogen) atoms. The maximum atomic E-state index is 11.9. The standard InChI is InChI=1S/C16H21N3O2/c1-11-14(12-5-3-4-6-13(12)17-11)15(16(20)21)19-9-7-18(2)8-10-19/h3-6,15,17H,7-10H2,1-2H3,(H,20,21). The summed E-state index contributed by atoms with van der Waals surface area (Å²) in [5.41, 5.74) is 2.86. The number of aromatic nitrogens is 1. The summed E-state index contributed by atoms with van der Waals surface area (Å²) in [4.78, 5) is 19.5. The zero-order valence-electron chi connectivity index (χ0n) is 12.5. The van der Waals surface area contributed by atoms with Crippen LogP contribution in [0.1, 0.15) is 17.3 Å². The minimum Gasteiger partial charge on any atom is -0.480 e. The summed E-state index contributed by atoms with van der Waals surface area (Å²) < 4.78 is 0. The highest BCUT2D eigenvalue weighted by Crippen LogP contribution is 2.32. The monoisotopic (exact) mass is 287 g/mol. The number of carboxylic acid groups (broad SMARTS) is 1. The van der Waals surface area contributed by atoms with E-state index in [4.69, 9.17) is 0 Å². The highest BCUT2D eigenvalue weighted by Gasteiger charge is 2.32. The van der Waals surface area contributed by atoms with Crippen molar-refractivity contribution in [2.24, 2.45) is 0 Å². The van der Waals surface area contributed by atoms with E-state index in [9.17, 15) is 9.90 Å². The van der Waals surface area contributed by atoms with E-state index in [1.807, 2.05) is 31.2 Å². The number of benzene rings is 1. The van der Waals surface area contributed by atoms with Crippen molar-refractivity contribution in [2.75, 3.05) is 33.2 Å². The molecular formula is C16H21N3O2. The molecule has 0 spiro atoms. The molecule has 2 aromatic rings. The fourth-order valence-electron chi connectivity index (χ4n) is 3.19. The third-order valence-corrected chi connectivity index (χ3v) is 4.35. The summed E-state index contributed by atoms with van der Waals surface area (Å²) in [6.45, 7) is 5.34. The van der Waals surface area contributed by atoms with Crippen molar-refractivity contribution in [1.82, 2.24) is 14.8 Å². The Kier molecular flexibility index (Phi) is 3.69. The molecule has 0 aliphatic carbocycles. The Morgan fingerprint density at radius 3 is 2.57 bits per heavy atom. The highest BCUT2D eigenvalue weighted by atomic mass is 16.4. The Balaban J connectivity index is 2.04. The van der Waals surface area contributed by atoms with E-state index in [2.05, 4.69) is 21.8 Å². The number of hydrogen-bond donors (Lipinski definition) is 2. The number of nitrogens with one attached hydrogen (secondary N) is 1. The number of nitrogens with zero attached hydrogens (tertiary/aromatic N) is 2. The number of aromatic amines is 1. The van der Waals surface area contributed by atoms with Gasteiger partial charge in [-0.2, -0.15) is 0 Å². The van der Waals surface area contributed by atoms with Gasteiger partial charge < -0.3 is 15.0 Å². The van der Waals surface area contributed by atoms with Gasteiger partial charge in [-0.3, -0.25) is 9.69 Å². The van der Waals surface area contributed by atoms with Crippen LogP contribution in [0.2, 0.25) is 0 Å². The van der Waals surface area contributed by atoms with E-state index in [0.717, 1.165) is 48.3 Å². The quantitative estimate of drug-likeness (QED) is 0.904. The number of likely N-dealkylation sites (N-methyl/N-ethyl adjacent to an activating group) is 1. The number of hydrogen-bond acceptors (Lipinski definition) is 3. The molecule has 112 valence electrons.